The Morgan fingerprint density at radius 3 is 2.70 bits per heavy atom. The lowest BCUT2D eigenvalue weighted by molar-refractivity contribution is -0.121. The van der Waals surface area contributed by atoms with Crippen molar-refractivity contribution in [3.8, 4) is 0 Å². The monoisotopic (exact) mass is 178 g/mol. The second-order valence-corrected chi connectivity index (χ2v) is 4.62. The number of rotatable bonds is 0. The van der Waals surface area contributed by atoms with E-state index in [0.29, 0.717) is 5.78 Å². The summed E-state index contributed by atoms with van der Waals surface area (Å²) in [6.07, 6.45) is 0. The molecule has 0 aromatic carbocycles. The Balaban J connectivity index is 2.60. The van der Waals surface area contributed by atoms with E-state index in [9.17, 15) is 4.79 Å². The van der Waals surface area contributed by atoms with Crippen molar-refractivity contribution in [1.82, 2.24) is 0 Å². The van der Waals surface area contributed by atoms with Crippen LogP contribution in [0.2, 0.25) is 0 Å². The molecule has 0 unspecified atom stereocenters. The Kier molecular flexibility index (Phi) is 2.64. The first-order valence-corrected chi connectivity index (χ1v) is 4.91. The average molecular weight is 179 g/mol. The predicted octanol–water partition coefficient (Wildman–Crippen LogP) is 1.93. The number of hydrogen-bond acceptors (Lipinski definition) is 2. The Hall–Kier alpha value is 0.310. The zero-order valence-electron chi connectivity index (χ0n) is 6.13. The number of Topliss-reactive ketones (excluding diaryl/α,β-unsaturated/α-hetero) is 1. The summed E-state index contributed by atoms with van der Waals surface area (Å²) in [7, 11) is 0. The first-order chi connectivity index (χ1) is 4.63. The number of halogens is 1. The summed E-state index contributed by atoms with van der Waals surface area (Å²) in [5, 5.41) is 0.207. The van der Waals surface area contributed by atoms with Gasteiger partial charge < -0.3 is 0 Å². The van der Waals surface area contributed by atoms with E-state index in [0.717, 1.165) is 5.75 Å². The molecule has 0 bridgehead atoms. The third kappa shape index (κ3) is 1.48. The zero-order chi connectivity index (χ0) is 7.72. The van der Waals surface area contributed by atoms with Gasteiger partial charge in [0.2, 0.25) is 0 Å². The largest absolute Gasteiger partial charge is 0.298 e. The van der Waals surface area contributed by atoms with Crippen molar-refractivity contribution in [3.63, 3.8) is 0 Å². The number of thioether (sulfide) groups is 1. The normalized spacial score (nSPS) is 41.9. The highest BCUT2D eigenvalue weighted by Gasteiger charge is 2.31. The molecule has 0 aliphatic carbocycles. The minimum Gasteiger partial charge on any atom is -0.298 e. The molecule has 1 heterocycles. The van der Waals surface area contributed by atoms with Gasteiger partial charge in [0.15, 0.2) is 0 Å². The second-order valence-electron chi connectivity index (χ2n) is 2.68. The van der Waals surface area contributed by atoms with E-state index in [-0.39, 0.29) is 16.5 Å². The quantitative estimate of drug-likeness (QED) is 0.528. The highest BCUT2D eigenvalue weighted by molar-refractivity contribution is 8.00. The fourth-order valence-electron chi connectivity index (χ4n) is 1.01. The van der Waals surface area contributed by atoms with Crippen LogP contribution in [0.4, 0.5) is 0 Å². The Morgan fingerprint density at radius 2 is 2.20 bits per heavy atom. The molecule has 0 aromatic rings. The van der Waals surface area contributed by atoms with Crippen LogP contribution in [-0.2, 0) is 4.79 Å². The summed E-state index contributed by atoms with van der Waals surface area (Å²) < 4.78 is 0. The van der Waals surface area contributed by atoms with E-state index < -0.39 is 0 Å². The molecule has 0 aromatic heterocycles. The predicted molar refractivity (Wildman–Crippen MR) is 45.7 cm³/mol. The molecule has 1 rings (SSSR count). The van der Waals surface area contributed by atoms with Crippen LogP contribution in [0, 0.1) is 5.92 Å². The van der Waals surface area contributed by atoms with Gasteiger partial charge in [-0.2, -0.15) is 0 Å². The van der Waals surface area contributed by atoms with Crippen molar-refractivity contribution >= 4 is 29.1 Å². The third-order valence-electron chi connectivity index (χ3n) is 1.90. The maximum Gasteiger partial charge on any atom is 0.149 e. The minimum absolute atomic E-state index is 0.0497. The molecule has 1 aliphatic rings. The van der Waals surface area contributed by atoms with Crippen LogP contribution in [0.5, 0.6) is 0 Å². The zero-order valence-corrected chi connectivity index (χ0v) is 7.71. The van der Waals surface area contributed by atoms with Crippen molar-refractivity contribution in [2.75, 3.05) is 5.75 Å². The van der Waals surface area contributed by atoms with Crippen molar-refractivity contribution in [1.29, 1.82) is 0 Å². The van der Waals surface area contributed by atoms with Crippen LogP contribution >= 0.6 is 23.4 Å². The molecule has 0 spiro atoms. The molecule has 1 saturated heterocycles. The van der Waals surface area contributed by atoms with Crippen LogP contribution in [-0.4, -0.2) is 22.2 Å². The fourth-order valence-corrected chi connectivity index (χ4v) is 2.49. The van der Waals surface area contributed by atoms with Gasteiger partial charge in [-0.3, -0.25) is 4.79 Å². The van der Waals surface area contributed by atoms with Crippen molar-refractivity contribution < 1.29 is 4.79 Å². The van der Waals surface area contributed by atoms with E-state index in [1.54, 1.807) is 11.8 Å². The lowest BCUT2D eigenvalue weighted by atomic mass is 10.0. The molecule has 1 aliphatic heterocycles. The molecular formula is C7H11ClOS. The molecule has 3 heteroatoms. The molecule has 10 heavy (non-hydrogen) atoms. The van der Waals surface area contributed by atoms with Crippen LogP contribution < -0.4 is 0 Å². The van der Waals surface area contributed by atoms with Gasteiger partial charge in [-0.15, -0.1) is 23.4 Å². The molecule has 0 saturated carbocycles. The van der Waals surface area contributed by atoms with E-state index in [1.165, 1.54) is 0 Å². The maximum atomic E-state index is 11.2. The first-order valence-electron chi connectivity index (χ1n) is 3.42. The van der Waals surface area contributed by atoms with E-state index in [2.05, 4.69) is 0 Å². The SMILES string of the molecule is C[C@H]1SC[C@H](Cl)[C@@H](C)C1=O. The highest BCUT2D eigenvalue weighted by atomic mass is 35.5. The van der Waals surface area contributed by atoms with Crippen molar-refractivity contribution in [3.05, 3.63) is 0 Å². The number of ketones is 1. The standard InChI is InChI=1S/C7H11ClOS/c1-4-6(8)3-10-5(2)7(4)9/h4-6H,3H2,1-2H3/t4-,5-,6+/m1/s1. The van der Waals surface area contributed by atoms with Gasteiger partial charge in [0.1, 0.15) is 5.78 Å². The van der Waals surface area contributed by atoms with E-state index >= 15 is 0 Å². The van der Waals surface area contributed by atoms with E-state index in [1.807, 2.05) is 13.8 Å². The number of carbonyl (C=O) groups is 1. The third-order valence-corrected chi connectivity index (χ3v) is 3.90. The van der Waals surface area contributed by atoms with Crippen LogP contribution in [0.3, 0.4) is 0 Å². The molecule has 0 amide bonds. The molecular weight excluding hydrogens is 168 g/mol. The number of hydrogen-bond donors (Lipinski definition) is 0. The van der Waals surface area contributed by atoms with Gasteiger partial charge in [-0.05, 0) is 6.92 Å². The second kappa shape index (κ2) is 3.14. The molecule has 3 atom stereocenters. The van der Waals surface area contributed by atoms with Gasteiger partial charge >= 0.3 is 0 Å². The minimum atomic E-state index is 0.0497. The average Bonchev–Trinajstić information content (AvgIpc) is 1.93. The van der Waals surface area contributed by atoms with Crippen LogP contribution in [0.25, 0.3) is 0 Å². The van der Waals surface area contributed by atoms with Gasteiger partial charge in [-0.1, -0.05) is 6.92 Å². The smallest absolute Gasteiger partial charge is 0.149 e. The lowest BCUT2D eigenvalue weighted by Gasteiger charge is -2.26. The van der Waals surface area contributed by atoms with Crippen molar-refractivity contribution in [2.45, 2.75) is 24.5 Å². The maximum absolute atomic E-state index is 11.2. The molecule has 58 valence electrons. The van der Waals surface area contributed by atoms with Gasteiger partial charge in [0.25, 0.3) is 0 Å². The number of alkyl halides is 1. The molecule has 0 radical (unpaired) electrons. The molecule has 1 fully saturated rings. The Labute approximate surface area is 70.5 Å². The summed E-state index contributed by atoms with van der Waals surface area (Å²) in [6.45, 7) is 3.86. The topological polar surface area (TPSA) is 17.1 Å². The van der Waals surface area contributed by atoms with Crippen molar-refractivity contribution in [2.24, 2.45) is 5.92 Å². The summed E-state index contributed by atoms with van der Waals surface area (Å²) in [6, 6.07) is 0. The van der Waals surface area contributed by atoms with E-state index in [4.69, 9.17) is 11.6 Å². The summed E-state index contributed by atoms with van der Waals surface area (Å²) in [5.41, 5.74) is 0. The first kappa shape index (κ1) is 8.41. The summed E-state index contributed by atoms with van der Waals surface area (Å²) >= 11 is 7.54. The molecule has 0 N–H and O–H groups in total. The highest BCUT2D eigenvalue weighted by Crippen LogP contribution is 2.29. The fraction of sp³-hybridized carbons (Fsp3) is 0.857. The Bertz CT molecular complexity index is 149. The van der Waals surface area contributed by atoms with Crippen LogP contribution in [0.15, 0.2) is 0 Å². The van der Waals surface area contributed by atoms with Gasteiger partial charge in [-0.25, -0.2) is 0 Å². The van der Waals surface area contributed by atoms with Gasteiger partial charge in [0.05, 0.1) is 10.6 Å². The Morgan fingerprint density at radius 1 is 1.60 bits per heavy atom. The summed E-state index contributed by atoms with van der Waals surface area (Å²) in [4.78, 5) is 11.2. The summed E-state index contributed by atoms with van der Waals surface area (Å²) in [5.74, 6) is 1.27. The molecule has 1 nitrogen and oxygen atoms in total. The van der Waals surface area contributed by atoms with Gasteiger partial charge in [0, 0.05) is 11.7 Å². The lowest BCUT2D eigenvalue weighted by Crippen LogP contribution is -2.35. The number of carbonyl (C=O) groups excluding carboxylic acids is 1. The van der Waals surface area contributed by atoms with Crippen LogP contribution in [0.1, 0.15) is 13.8 Å².